The zero-order valence-electron chi connectivity index (χ0n) is 12.7. The van der Waals surface area contributed by atoms with Crippen LogP contribution >= 0.6 is 0 Å². The second-order valence-electron chi connectivity index (χ2n) is 5.15. The molecule has 0 radical (unpaired) electrons. The number of amidine groups is 1. The minimum Gasteiger partial charge on any atom is -0.496 e. The SMILES string of the molecule is CCC(NCc1cc(/C(N)=N/O)ccc1OC)C(C)C. The first-order valence-electron chi connectivity index (χ1n) is 6.91. The molecule has 0 amide bonds. The Kier molecular flexibility index (Phi) is 6.31. The zero-order valence-corrected chi connectivity index (χ0v) is 12.7. The summed E-state index contributed by atoms with van der Waals surface area (Å²) in [6, 6.07) is 5.94. The minimum absolute atomic E-state index is 0.102. The molecule has 1 aromatic carbocycles. The molecule has 0 aromatic heterocycles. The highest BCUT2D eigenvalue weighted by atomic mass is 16.5. The lowest BCUT2D eigenvalue weighted by Crippen LogP contribution is -2.32. The molecule has 0 aliphatic carbocycles. The van der Waals surface area contributed by atoms with Crippen LogP contribution in [0.25, 0.3) is 0 Å². The number of benzene rings is 1. The average Bonchev–Trinajstić information content (AvgIpc) is 2.46. The lowest BCUT2D eigenvalue weighted by Gasteiger charge is -2.21. The van der Waals surface area contributed by atoms with Crippen molar-refractivity contribution in [1.29, 1.82) is 0 Å². The third kappa shape index (κ3) is 4.13. The van der Waals surface area contributed by atoms with Crippen molar-refractivity contribution in [2.24, 2.45) is 16.8 Å². The lowest BCUT2D eigenvalue weighted by molar-refractivity contribution is 0.318. The van der Waals surface area contributed by atoms with Gasteiger partial charge < -0.3 is 21.0 Å². The van der Waals surface area contributed by atoms with E-state index in [1.54, 1.807) is 13.2 Å². The summed E-state index contributed by atoms with van der Waals surface area (Å²) in [4.78, 5) is 0. The molecule has 4 N–H and O–H groups in total. The fraction of sp³-hybridized carbons (Fsp3) is 0.533. The fourth-order valence-electron chi connectivity index (χ4n) is 2.23. The van der Waals surface area contributed by atoms with Crippen molar-refractivity contribution >= 4 is 5.84 Å². The van der Waals surface area contributed by atoms with Gasteiger partial charge in [-0.15, -0.1) is 0 Å². The van der Waals surface area contributed by atoms with Gasteiger partial charge in [0.15, 0.2) is 5.84 Å². The second kappa shape index (κ2) is 7.75. The summed E-state index contributed by atoms with van der Waals surface area (Å²) in [5.41, 5.74) is 7.30. The van der Waals surface area contributed by atoms with Crippen molar-refractivity contribution in [3.8, 4) is 5.75 Å². The van der Waals surface area contributed by atoms with E-state index in [2.05, 4.69) is 31.2 Å². The predicted octanol–water partition coefficient (Wildman–Crippen LogP) is 2.31. The molecule has 1 atom stereocenters. The Labute approximate surface area is 120 Å². The first kappa shape index (κ1) is 16.3. The minimum atomic E-state index is 0.102. The summed E-state index contributed by atoms with van der Waals surface area (Å²) in [6.07, 6.45) is 1.07. The van der Waals surface area contributed by atoms with E-state index < -0.39 is 0 Å². The maximum atomic E-state index is 8.75. The van der Waals surface area contributed by atoms with Crippen LogP contribution < -0.4 is 15.8 Å². The summed E-state index contributed by atoms with van der Waals surface area (Å²) >= 11 is 0. The van der Waals surface area contributed by atoms with E-state index in [9.17, 15) is 0 Å². The molecule has 112 valence electrons. The van der Waals surface area contributed by atoms with E-state index in [-0.39, 0.29) is 5.84 Å². The van der Waals surface area contributed by atoms with Gasteiger partial charge in [-0.2, -0.15) is 0 Å². The van der Waals surface area contributed by atoms with Gasteiger partial charge in [0.05, 0.1) is 7.11 Å². The third-order valence-electron chi connectivity index (χ3n) is 3.48. The molecule has 0 aliphatic heterocycles. The summed E-state index contributed by atoms with van der Waals surface area (Å²) in [6.45, 7) is 7.25. The topological polar surface area (TPSA) is 79.9 Å². The Morgan fingerprint density at radius 3 is 2.65 bits per heavy atom. The van der Waals surface area contributed by atoms with Gasteiger partial charge in [-0.25, -0.2) is 0 Å². The number of nitrogens with one attached hydrogen (secondary N) is 1. The van der Waals surface area contributed by atoms with Gasteiger partial charge in [0.2, 0.25) is 0 Å². The van der Waals surface area contributed by atoms with Crippen molar-refractivity contribution < 1.29 is 9.94 Å². The zero-order chi connectivity index (χ0) is 15.1. The van der Waals surface area contributed by atoms with Crippen LogP contribution in [0.15, 0.2) is 23.4 Å². The Hall–Kier alpha value is -1.75. The quantitative estimate of drug-likeness (QED) is 0.310. The number of hydrogen-bond acceptors (Lipinski definition) is 4. The molecule has 0 aliphatic rings. The molecule has 0 saturated carbocycles. The van der Waals surface area contributed by atoms with Gasteiger partial charge in [0.25, 0.3) is 0 Å². The molecule has 5 heteroatoms. The molecular formula is C15H25N3O2. The van der Waals surface area contributed by atoms with Crippen LogP contribution in [0.1, 0.15) is 38.3 Å². The molecule has 0 heterocycles. The molecule has 1 rings (SSSR count). The van der Waals surface area contributed by atoms with E-state index in [0.29, 0.717) is 24.1 Å². The van der Waals surface area contributed by atoms with E-state index in [0.717, 1.165) is 17.7 Å². The van der Waals surface area contributed by atoms with Crippen LogP contribution in [0.4, 0.5) is 0 Å². The van der Waals surface area contributed by atoms with Crippen LogP contribution in [0.2, 0.25) is 0 Å². The van der Waals surface area contributed by atoms with Crippen LogP contribution in [0, 0.1) is 5.92 Å². The van der Waals surface area contributed by atoms with E-state index in [4.69, 9.17) is 15.7 Å². The predicted molar refractivity (Wildman–Crippen MR) is 81.3 cm³/mol. The summed E-state index contributed by atoms with van der Waals surface area (Å²) in [5.74, 6) is 1.47. The standard InChI is InChI=1S/C15H25N3O2/c1-5-13(10(2)3)17-9-12-8-11(15(16)18-19)6-7-14(12)20-4/h6-8,10,13,17,19H,5,9H2,1-4H3,(H2,16,18). The van der Waals surface area contributed by atoms with Gasteiger partial charge in [-0.1, -0.05) is 25.9 Å². The summed E-state index contributed by atoms with van der Waals surface area (Å²) < 4.78 is 5.36. The number of methoxy groups -OCH3 is 1. The first-order chi connectivity index (χ1) is 9.53. The van der Waals surface area contributed by atoms with Gasteiger partial charge in [0, 0.05) is 23.7 Å². The van der Waals surface area contributed by atoms with Crippen molar-refractivity contribution in [2.75, 3.05) is 7.11 Å². The maximum absolute atomic E-state index is 8.75. The smallest absolute Gasteiger partial charge is 0.170 e. The average molecular weight is 279 g/mol. The van der Waals surface area contributed by atoms with E-state index >= 15 is 0 Å². The van der Waals surface area contributed by atoms with Crippen molar-refractivity contribution in [1.82, 2.24) is 5.32 Å². The second-order valence-corrected chi connectivity index (χ2v) is 5.15. The van der Waals surface area contributed by atoms with Crippen molar-refractivity contribution in [2.45, 2.75) is 39.8 Å². The highest BCUT2D eigenvalue weighted by Crippen LogP contribution is 2.20. The molecule has 1 aromatic rings. The number of nitrogens with two attached hydrogens (primary N) is 1. The molecule has 0 spiro atoms. The van der Waals surface area contributed by atoms with Crippen LogP contribution in [-0.4, -0.2) is 24.2 Å². The van der Waals surface area contributed by atoms with Gasteiger partial charge in [0.1, 0.15) is 5.75 Å². The third-order valence-corrected chi connectivity index (χ3v) is 3.48. The molecule has 0 fully saturated rings. The Bertz CT molecular complexity index is 458. The molecule has 0 bridgehead atoms. The van der Waals surface area contributed by atoms with Crippen LogP contribution in [0.3, 0.4) is 0 Å². The van der Waals surface area contributed by atoms with E-state index in [1.165, 1.54) is 0 Å². The molecule has 5 nitrogen and oxygen atoms in total. The fourth-order valence-corrected chi connectivity index (χ4v) is 2.23. The summed E-state index contributed by atoms with van der Waals surface area (Å²) in [5, 5.41) is 15.3. The first-order valence-corrected chi connectivity index (χ1v) is 6.91. The Morgan fingerprint density at radius 1 is 1.45 bits per heavy atom. The highest BCUT2D eigenvalue weighted by molar-refractivity contribution is 5.97. The van der Waals surface area contributed by atoms with Crippen molar-refractivity contribution in [3.63, 3.8) is 0 Å². The van der Waals surface area contributed by atoms with Gasteiger partial charge in [-0.3, -0.25) is 0 Å². The maximum Gasteiger partial charge on any atom is 0.170 e. The number of rotatable bonds is 7. The Morgan fingerprint density at radius 2 is 2.15 bits per heavy atom. The number of ether oxygens (including phenoxy) is 1. The number of nitrogens with zero attached hydrogens (tertiary/aromatic N) is 1. The highest BCUT2D eigenvalue weighted by Gasteiger charge is 2.12. The number of oxime groups is 1. The van der Waals surface area contributed by atoms with Gasteiger partial charge >= 0.3 is 0 Å². The lowest BCUT2D eigenvalue weighted by atomic mass is 10.0. The van der Waals surface area contributed by atoms with E-state index in [1.807, 2.05) is 12.1 Å². The molecule has 1 unspecified atom stereocenters. The summed E-state index contributed by atoms with van der Waals surface area (Å²) in [7, 11) is 1.64. The van der Waals surface area contributed by atoms with Crippen molar-refractivity contribution in [3.05, 3.63) is 29.3 Å². The molecular weight excluding hydrogens is 254 g/mol. The molecule has 0 saturated heterocycles. The largest absolute Gasteiger partial charge is 0.496 e. The normalized spacial score (nSPS) is 13.6. The molecule has 20 heavy (non-hydrogen) atoms. The Balaban J connectivity index is 2.91. The van der Waals surface area contributed by atoms with Gasteiger partial charge in [-0.05, 0) is 30.5 Å². The number of hydrogen-bond donors (Lipinski definition) is 3. The monoisotopic (exact) mass is 279 g/mol. The van der Waals surface area contributed by atoms with Crippen LogP contribution in [0.5, 0.6) is 5.75 Å². The van der Waals surface area contributed by atoms with Crippen LogP contribution in [-0.2, 0) is 6.54 Å².